The monoisotopic (exact) mass is 161 g/mol. The van der Waals surface area contributed by atoms with Gasteiger partial charge >= 0.3 is 0 Å². The van der Waals surface area contributed by atoms with Crippen LogP contribution >= 0.6 is 0 Å². The Bertz CT molecular complexity index is 99.7. The lowest BCUT2D eigenvalue weighted by Crippen LogP contribution is -2.29. The Balaban J connectivity index is 3.38. The van der Waals surface area contributed by atoms with Gasteiger partial charge in [0.1, 0.15) is 5.67 Å². The largest absolute Gasteiger partial charge is 0.328 e. The van der Waals surface area contributed by atoms with E-state index in [1.165, 1.54) is 0 Å². The topological polar surface area (TPSA) is 26.0 Å². The maximum Gasteiger partial charge on any atom is 0.120 e. The molecule has 0 radical (unpaired) electrons. The molecule has 0 aliphatic carbocycles. The summed E-state index contributed by atoms with van der Waals surface area (Å²) < 4.78 is 13.1. The van der Waals surface area contributed by atoms with Crippen molar-refractivity contribution >= 4 is 0 Å². The summed E-state index contributed by atoms with van der Waals surface area (Å²) in [5.74, 6) is 0.670. The lowest BCUT2D eigenvalue weighted by molar-refractivity contribution is 0.178. The minimum Gasteiger partial charge on any atom is -0.328 e. The Morgan fingerprint density at radius 3 is 2.36 bits per heavy atom. The SMILES string of the molecule is CC(C)CCCC(C)(F)CN. The van der Waals surface area contributed by atoms with Crippen LogP contribution in [0.3, 0.4) is 0 Å². The number of halogens is 1. The van der Waals surface area contributed by atoms with Gasteiger partial charge in [-0.1, -0.05) is 20.3 Å². The first-order valence-corrected chi connectivity index (χ1v) is 4.37. The molecule has 0 fully saturated rings. The van der Waals surface area contributed by atoms with Gasteiger partial charge in [-0.25, -0.2) is 4.39 Å². The number of nitrogens with two attached hydrogens (primary N) is 1. The van der Waals surface area contributed by atoms with Gasteiger partial charge in [-0.2, -0.15) is 0 Å². The van der Waals surface area contributed by atoms with Crippen LogP contribution in [0.1, 0.15) is 40.0 Å². The van der Waals surface area contributed by atoms with Crippen LogP contribution in [0.15, 0.2) is 0 Å². The average Bonchev–Trinajstić information content (AvgIpc) is 1.87. The van der Waals surface area contributed by atoms with Crippen molar-refractivity contribution in [3.63, 3.8) is 0 Å². The fraction of sp³-hybridized carbons (Fsp3) is 1.00. The van der Waals surface area contributed by atoms with E-state index in [2.05, 4.69) is 13.8 Å². The third-order valence-electron chi connectivity index (χ3n) is 1.91. The lowest BCUT2D eigenvalue weighted by atomic mass is 9.98. The minimum atomic E-state index is -1.14. The van der Waals surface area contributed by atoms with Gasteiger partial charge in [0.2, 0.25) is 0 Å². The Labute approximate surface area is 69.2 Å². The van der Waals surface area contributed by atoms with E-state index in [9.17, 15) is 4.39 Å². The molecular weight excluding hydrogens is 141 g/mol. The van der Waals surface area contributed by atoms with Crippen molar-refractivity contribution in [1.82, 2.24) is 0 Å². The average molecular weight is 161 g/mol. The maximum atomic E-state index is 13.1. The summed E-state index contributed by atoms with van der Waals surface area (Å²) in [6, 6.07) is 0. The molecule has 11 heavy (non-hydrogen) atoms. The second kappa shape index (κ2) is 4.70. The van der Waals surface area contributed by atoms with E-state index in [-0.39, 0.29) is 6.54 Å². The molecule has 0 heterocycles. The van der Waals surface area contributed by atoms with Crippen LogP contribution in [0.2, 0.25) is 0 Å². The summed E-state index contributed by atoms with van der Waals surface area (Å²) in [6.07, 6.45) is 2.64. The molecule has 1 atom stereocenters. The molecule has 0 amide bonds. The summed E-state index contributed by atoms with van der Waals surface area (Å²) in [5.41, 5.74) is 4.10. The van der Waals surface area contributed by atoms with Crippen molar-refractivity contribution in [3.05, 3.63) is 0 Å². The van der Waals surface area contributed by atoms with E-state index in [0.29, 0.717) is 12.3 Å². The highest BCUT2D eigenvalue weighted by atomic mass is 19.1. The molecule has 0 rings (SSSR count). The first-order chi connectivity index (χ1) is 4.98. The highest BCUT2D eigenvalue weighted by Crippen LogP contribution is 2.18. The van der Waals surface area contributed by atoms with Crippen molar-refractivity contribution in [2.75, 3.05) is 6.54 Å². The zero-order valence-corrected chi connectivity index (χ0v) is 7.86. The molecule has 2 heteroatoms. The van der Waals surface area contributed by atoms with Gasteiger partial charge in [0.15, 0.2) is 0 Å². The zero-order valence-electron chi connectivity index (χ0n) is 7.86. The standard InChI is InChI=1S/C9H20FN/c1-8(2)5-4-6-9(3,10)7-11/h8H,4-7,11H2,1-3H3. The number of hydrogen-bond acceptors (Lipinski definition) is 1. The predicted molar refractivity (Wildman–Crippen MR) is 47.3 cm³/mol. The molecule has 0 aromatic rings. The van der Waals surface area contributed by atoms with Crippen LogP contribution in [0.4, 0.5) is 4.39 Å². The fourth-order valence-electron chi connectivity index (χ4n) is 0.981. The Morgan fingerprint density at radius 1 is 1.45 bits per heavy atom. The van der Waals surface area contributed by atoms with Gasteiger partial charge in [0.25, 0.3) is 0 Å². The zero-order chi connectivity index (χ0) is 8.91. The molecule has 0 aromatic heterocycles. The molecule has 0 bridgehead atoms. The predicted octanol–water partition coefficient (Wildman–Crippen LogP) is 2.50. The van der Waals surface area contributed by atoms with Crippen molar-refractivity contribution in [2.45, 2.75) is 45.7 Å². The van der Waals surface area contributed by atoms with E-state index in [1.54, 1.807) is 6.92 Å². The van der Waals surface area contributed by atoms with Gasteiger partial charge in [0, 0.05) is 6.54 Å². The normalized spacial score (nSPS) is 16.9. The van der Waals surface area contributed by atoms with Crippen molar-refractivity contribution in [3.8, 4) is 0 Å². The molecule has 0 aromatic carbocycles. The van der Waals surface area contributed by atoms with E-state index in [0.717, 1.165) is 12.8 Å². The van der Waals surface area contributed by atoms with Crippen LogP contribution in [0.5, 0.6) is 0 Å². The van der Waals surface area contributed by atoms with E-state index in [4.69, 9.17) is 5.73 Å². The second-order valence-corrected chi connectivity index (χ2v) is 3.90. The first kappa shape index (κ1) is 10.9. The summed E-state index contributed by atoms with van der Waals surface area (Å²) >= 11 is 0. The second-order valence-electron chi connectivity index (χ2n) is 3.90. The van der Waals surface area contributed by atoms with Crippen LogP contribution in [0.25, 0.3) is 0 Å². The van der Waals surface area contributed by atoms with E-state index in [1.807, 2.05) is 0 Å². The third-order valence-corrected chi connectivity index (χ3v) is 1.91. The molecule has 1 nitrogen and oxygen atoms in total. The molecular formula is C9H20FN. The first-order valence-electron chi connectivity index (χ1n) is 4.37. The van der Waals surface area contributed by atoms with Gasteiger partial charge in [0.05, 0.1) is 0 Å². The smallest absolute Gasteiger partial charge is 0.120 e. The van der Waals surface area contributed by atoms with E-state index < -0.39 is 5.67 Å². The van der Waals surface area contributed by atoms with E-state index >= 15 is 0 Å². The summed E-state index contributed by atoms with van der Waals surface area (Å²) in [7, 11) is 0. The van der Waals surface area contributed by atoms with Crippen LogP contribution < -0.4 is 5.73 Å². The Morgan fingerprint density at radius 2 is 2.00 bits per heavy atom. The molecule has 0 spiro atoms. The summed E-state index contributed by atoms with van der Waals surface area (Å²) in [4.78, 5) is 0. The highest BCUT2D eigenvalue weighted by Gasteiger charge is 2.19. The van der Waals surface area contributed by atoms with Gasteiger partial charge in [-0.15, -0.1) is 0 Å². The Hall–Kier alpha value is -0.110. The molecule has 2 N–H and O–H groups in total. The Kier molecular flexibility index (Phi) is 4.66. The maximum absolute atomic E-state index is 13.1. The number of rotatable bonds is 5. The number of alkyl halides is 1. The van der Waals surface area contributed by atoms with Crippen molar-refractivity contribution < 1.29 is 4.39 Å². The summed E-state index contributed by atoms with van der Waals surface area (Å²) in [6.45, 7) is 6.02. The van der Waals surface area contributed by atoms with Gasteiger partial charge in [-0.3, -0.25) is 0 Å². The number of hydrogen-bond donors (Lipinski definition) is 1. The molecule has 1 unspecified atom stereocenters. The van der Waals surface area contributed by atoms with Gasteiger partial charge < -0.3 is 5.73 Å². The van der Waals surface area contributed by atoms with Crippen molar-refractivity contribution in [1.29, 1.82) is 0 Å². The van der Waals surface area contributed by atoms with Crippen molar-refractivity contribution in [2.24, 2.45) is 11.7 Å². The quantitative estimate of drug-likeness (QED) is 0.658. The molecule has 0 saturated carbocycles. The third kappa shape index (κ3) is 6.29. The summed E-state index contributed by atoms with van der Waals surface area (Å²) in [5, 5.41) is 0. The van der Waals surface area contributed by atoms with Crippen LogP contribution in [0, 0.1) is 5.92 Å². The van der Waals surface area contributed by atoms with Crippen LogP contribution in [-0.4, -0.2) is 12.2 Å². The minimum absolute atomic E-state index is 0.144. The van der Waals surface area contributed by atoms with Gasteiger partial charge in [-0.05, 0) is 25.7 Å². The highest BCUT2D eigenvalue weighted by molar-refractivity contribution is 4.73. The molecule has 0 aliphatic rings. The lowest BCUT2D eigenvalue weighted by Gasteiger charge is -2.17. The molecule has 0 aliphatic heterocycles. The fourth-order valence-corrected chi connectivity index (χ4v) is 0.981. The molecule has 0 saturated heterocycles. The molecule has 68 valence electrons. The van der Waals surface area contributed by atoms with Crippen LogP contribution in [-0.2, 0) is 0 Å².